The van der Waals surface area contributed by atoms with Crippen LogP contribution in [-0.4, -0.2) is 35.4 Å². The van der Waals surface area contributed by atoms with E-state index < -0.39 is 0 Å². The highest BCUT2D eigenvalue weighted by molar-refractivity contribution is 5.99. The van der Waals surface area contributed by atoms with Crippen molar-refractivity contribution in [2.45, 2.75) is 26.7 Å². The number of nitrogens with one attached hydrogen (secondary N) is 1. The lowest BCUT2D eigenvalue weighted by Crippen LogP contribution is -2.42. The Morgan fingerprint density at radius 2 is 2.24 bits per heavy atom. The molecule has 3 rings (SSSR count). The minimum atomic E-state index is 0.133. The molecule has 1 aliphatic rings. The molecule has 4 nitrogen and oxygen atoms in total. The summed E-state index contributed by atoms with van der Waals surface area (Å²) in [6.07, 6.45) is 2.19. The molecule has 1 atom stereocenters. The van der Waals surface area contributed by atoms with Crippen LogP contribution in [0.1, 0.15) is 34.5 Å². The lowest BCUT2D eigenvalue weighted by molar-refractivity contribution is 0.0678. The largest absolute Gasteiger partial charge is 0.358 e. The van der Waals surface area contributed by atoms with E-state index in [9.17, 15) is 4.79 Å². The number of nitrogens with two attached hydrogens (primary N) is 1. The molecule has 0 spiro atoms. The maximum absolute atomic E-state index is 12.7. The molecule has 21 heavy (non-hydrogen) atoms. The Morgan fingerprint density at radius 3 is 3.00 bits per heavy atom. The van der Waals surface area contributed by atoms with Crippen molar-refractivity contribution in [1.29, 1.82) is 0 Å². The summed E-state index contributed by atoms with van der Waals surface area (Å²) in [5.41, 5.74) is 10.0. The van der Waals surface area contributed by atoms with E-state index in [1.165, 1.54) is 5.56 Å². The lowest BCUT2D eigenvalue weighted by atomic mass is 9.97. The Labute approximate surface area is 125 Å². The number of aryl methyl sites for hydroxylation is 2. The van der Waals surface area contributed by atoms with E-state index in [-0.39, 0.29) is 5.91 Å². The zero-order valence-electron chi connectivity index (χ0n) is 12.8. The van der Waals surface area contributed by atoms with Crippen LogP contribution in [0.2, 0.25) is 0 Å². The number of likely N-dealkylation sites (tertiary alicyclic amines) is 1. The predicted molar refractivity (Wildman–Crippen MR) is 85.5 cm³/mol. The van der Waals surface area contributed by atoms with E-state index in [4.69, 9.17) is 5.73 Å². The number of nitrogens with zero attached hydrogens (tertiary/aromatic N) is 1. The first-order valence-corrected chi connectivity index (χ1v) is 7.68. The molecule has 1 saturated heterocycles. The van der Waals surface area contributed by atoms with Crippen molar-refractivity contribution in [1.82, 2.24) is 9.88 Å². The second kappa shape index (κ2) is 5.53. The molecule has 112 valence electrons. The molecule has 1 amide bonds. The van der Waals surface area contributed by atoms with Crippen LogP contribution in [0.3, 0.4) is 0 Å². The maximum atomic E-state index is 12.7. The summed E-state index contributed by atoms with van der Waals surface area (Å²) < 4.78 is 0. The molecule has 1 aromatic carbocycles. The van der Waals surface area contributed by atoms with Gasteiger partial charge in [0.15, 0.2) is 0 Å². The quantitative estimate of drug-likeness (QED) is 0.891. The summed E-state index contributed by atoms with van der Waals surface area (Å²) >= 11 is 0. The van der Waals surface area contributed by atoms with Gasteiger partial charge in [0.2, 0.25) is 0 Å². The number of carbonyl (C=O) groups is 1. The topological polar surface area (TPSA) is 62.1 Å². The zero-order valence-corrected chi connectivity index (χ0v) is 12.8. The molecular formula is C17H23N3O. The van der Waals surface area contributed by atoms with Gasteiger partial charge in [-0.15, -0.1) is 0 Å². The number of H-pyrrole nitrogens is 1. The van der Waals surface area contributed by atoms with Crippen LogP contribution in [0.4, 0.5) is 0 Å². The van der Waals surface area contributed by atoms with Gasteiger partial charge in [0.1, 0.15) is 0 Å². The Balaban J connectivity index is 1.89. The molecule has 1 aromatic heterocycles. The molecule has 0 bridgehead atoms. The fourth-order valence-electron chi connectivity index (χ4n) is 3.22. The van der Waals surface area contributed by atoms with Crippen LogP contribution >= 0.6 is 0 Å². The van der Waals surface area contributed by atoms with Gasteiger partial charge in [0, 0.05) is 35.2 Å². The van der Waals surface area contributed by atoms with Gasteiger partial charge in [-0.1, -0.05) is 0 Å². The Bertz CT molecular complexity index is 674. The van der Waals surface area contributed by atoms with Gasteiger partial charge in [-0.3, -0.25) is 4.79 Å². The lowest BCUT2D eigenvalue weighted by Gasteiger charge is -2.32. The molecule has 1 unspecified atom stereocenters. The summed E-state index contributed by atoms with van der Waals surface area (Å²) in [5, 5.41) is 1.14. The average Bonchev–Trinajstić information content (AvgIpc) is 2.81. The number of benzene rings is 1. The van der Waals surface area contributed by atoms with Crippen molar-refractivity contribution in [2.75, 3.05) is 19.6 Å². The highest BCUT2D eigenvalue weighted by Gasteiger charge is 2.24. The summed E-state index contributed by atoms with van der Waals surface area (Å²) in [6.45, 7) is 6.46. The normalized spacial score (nSPS) is 19.2. The van der Waals surface area contributed by atoms with Gasteiger partial charge in [-0.2, -0.15) is 0 Å². The summed E-state index contributed by atoms with van der Waals surface area (Å²) in [4.78, 5) is 18.0. The van der Waals surface area contributed by atoms with Crippen LogP contribution in [-0.2, 0) is 0 Å². The van der Waals surface area contributed by atoms with Crippen LogP contribution in [0.5, 0.6) is 0 Å². The fourth-order valence-corrected chi connectivity index (χ4v) is 3.22. The highest BCUT2D eigenvalue weighted by atomic mass is 16.2. The Hall–Kier alpha value is -1.81. The minimum Gasteiger partial charge on any atom is -0.358 e. The second-order valence-corrected chi connectivity index (χ2v) is 6.13. The fraction of sp³-hybridized carbons (Fsp3) is 0.471. The van der Waals surface area contributed by atoms with Gasteiger partial charge in [-0.05, 0) is 62.9 Å². The second-order valence-electron chi connectivity index (χ2n) is 6.13. The summed E-state index contributed by atoms with van der Waals surface area (Å²) in [5.74, 6) is 0.580. The third-order valence-corrected chi connectivity index (χ3v) is 4.69. The first-order valence-electron chi connectivity index (χ1n) is 7.68. The number of piperidine rings is 1. The number of aromatic nitrogens is 1. The van der Waals surface area contributed by atoms with Crippen LogP contribution in [0.25, 0.3) is 10.9 Å². The molecule has 0 aliphatic carbocycles. The molecular weight excluding hydrogens is 262 g/mol. The number of carbonyl (C=O) groups excluding carboxylic acids is 1. The SMILES string of the molecule is Cc1[nH]c2ccc(C(=O)N3CCCC(CN)C3)cc2c1C. The average molecular weight is 285 g/mol. The number of amides is 1. The van der Waals surface area contributed by atoms with Crippen molar-refractivity contribution in [2.24, 2.45) is 11.7 Å². The Morgan fingerprint density at radius 1 is 1.43 bits per heavy atom. The van der Waals surface area contributed by atoms with E-state index in [0.29, 0.717) is 12.5 Å². The third kappa shape index (κ3) is 2.56. The molecule has 3 N–H and O–H groups in total. The maximum Gasteiger partial charge on any atom is 0.253 e. The van der Waals surface area contributed by atoms with Gasteiger partial charge in [0.25, 0.3) is 5.91 Å². The van der Waals surface area contributed by atoms with Gasteiger partial charge in [-0.25, -0.2) is 0 Å². The van der Waals surface area contributed by atoms with Crippen molar-refractivity contribution in [3.63, 3.8) is 0 Å². The zero-order chi connectivity index (χ0) is 15.0. The first-order chi connectivity index (χ1) is 10.1. The monoisotopic (exact) mass is 285 g/mol. The standard InChI is InChI=1S/C17H23N3O/c1-11-12(2)19-16-6-5-14(8-15(11)16)17(21)20-7-3-4-13(9-18)10-20/h5-6,8,13,19H,3-4,7,9-10,18H2,1-2H3. The molecule has 1 fully saturated rings. The first kappa shape index (κ1) is 14.1. The van der Waals surface area contributed by atoms with Gasteiger partial charge >= 0.3 is 0 Å². The van der Waals surface area contributed by atoms with Gasteiger partial charge in [0.05, 0.1) is 0 Å². The number of aromatic amines is 1. The molecule has 0 saturated carbocycles. The predicted octanol–water partition coefficient (Wildman–Crippen LogP) is 2.60. The summed E-state index contributed by atoms with van der Waals surface area (Å²) in [6, 6.07) is 5.95. The molecule has 4 heteroatoms. The highest BCUT2D eigenvalue weighted by Crippen LogP contribution is 2.24. The van der Waals surface area contributed by atoms with Crippen LogP contribution in [0, 0.1) is 19.8 Å². The number of hydrogen-bond donors (Lipinski definition) is 2. The summed E-state index contributed by atoms with van der Waals surface area (Å²) in [7, 11) is 0. The minimum absolute atomic E-state index is 0.133. The number of fused-ring (bicyclic) bond motifs is 1. The van der Waals surface area contributed by atoms with E-state index in [2.05, 4.69) is 18.8 Å². The van der Waals surface area contributed by atoms with Crippen LogP contribution in [0.15, 0.2) is 18.2 Å². The van der Waals surface area contributed by atoms with Gasteiger partial charge < -0.3 is 15.6 Å². The van der Waals surface area contributed by atoms with Crippen molar-refractivity contribution >= 4 is 16.8 Å². The Kier molecular flexibility index (Phi) is 3.72. The number of rotatable bonds is 2. The van der Waals surface area contributed by atoms with Crippen LogP contribution < -0.4 is 5.73 Å². The number of hydrogen-bond acceptors (Lipinski definition) is 2. The van der Waals surface area contributed by atoms with E-state index >= 15 is 0 Å². The third-order valence-electron chi connectivity index (χ3n) is 4.69. The molecule has 1 aliphatic heterocycles. The van der Waals surface area contributed by atoms with Crippen molar-refractivity contribution in [3.8, 4) is 0 Å². The van der Waals surface area contributed by atoms with E-state index in [1.807, 2.05) is 23.1 Å². The smallest absolute Gasteiger partial charge is 0.253 e. The van der Waals surface area contributed by atoms with E-state index in [0.717, 1.165) is 48.1 Å². The molecule has 2 aromatic rings. The van der Waals surface area contributed by atoms with Crippen molar-refractivity contribution in [3.05, 3.63) is 35.0 Å². The van der Waals surface area contributed by atoms with E-state index in [1.54, 1.807) is 0 Å². The molecule has 0 radical (unpaired) electrons. The van der Waals surface area contributed by atoms with Crippen molar-refractivity contribution < 1.29 is 4.79 Å². The molecule has 2 heterocycles.